The highest BCUT2D eigenvalue weighted by Gasteiger charge is 2.32. The van der Waals surface area contributed by atoms with E-state index in [1.807, 2.05) is 41.4 Å². The van der Waals surface area contributed by atoms with Crippen molar-refractivity contribution < 1.29 is 14.3 Å². The predicted molar refractivity (Wildman–Crippen MR) is 106 cm³/mol. The number of hydrogen-bond donors (Lipinski definition) is 0. The molecule has 0 atom stereocenters. The molecule has 6 nitrogen and oxygen atoms in total. The van der Waals surface area contributed by atoms with Crippen molar-refractivity contribution in [3.63, 3.8) is 0 Å². The van der Waals surface area contributed by atoms with E-state index in [2.05, 4.69) is 29.8 Å². The first kappa shape index (κ1) is 18.7. The Hall–Kier alpha value is -2.60. The molecule has 3 heterocycles. The van der Waals surface area contributed by atoms with Gasteiger partial charge in [-0.15, -0.1) is 0 Å². The highest BCUT2D eigenvalue weighted by atomic mass is 16.5. The second kappa shape index (κ2) is 7.80. The Bertz CT molecular complexity index is 830. The maximum absolute atomic E-state index is 12.6. The van der Waals surface area contributed by atoms with Crippen molar-refractivity contribution in [2.24, 2.45) is 0 Å². The van der Waals surface area contributed by atoms with Crippen molar-refractivity contribution in [3.05, 3.63) is 53.9 Å². The third-order valence-electron chi connectivity index (χ3n) is 5.24. The lowest BCUT2D eigenvalue weighted by Crippen LogP contribution is -2.49. The fourth-order valence-electron chi connectivity index (χ4n) is 3.81. The zero-order valence-corrected chi connectivity index (χ0v) is 16.6. The van der Waals surface area contributed by atoms with Gasteiger partial charge in [0.25, 0.3) is 5.91 Å². The monoisotopic (exact) mass is 381 g/mol. The Balaban J connectivity index is 1.28. The maximum atomic E-state index is 12.6. The smallest absolute Gasteiger partial charge is 0.260 e. The molecular weight excluding hydrogens is 354 g/mol. The van der Waals surface area contributed by atoms with Crippen LogP contribution in [0, 0.1) is 0 Å². The summed E-state index contributed by atoms with van der Waals surface area (Å²) in [6.45, 7) is 8.11. The van der Waals surface area contributed by atoms with Crippen molar-refractivity contribution in [2.75, 3.05) is 32.8 Å². The summed E-state index contributed by atoms with van der Waals surface area (Å²) in [5, 5.41) is 0. The molecule has 28 heavy (non-hydrogen) atoms. The minimum atomic E-state index is -0.226. The summed E-state index contributed by atoms with van der Waals surface area (Å²) in [5.74, 6) is 1.46. The summed E-state index contributed by atoms with van der Waals surface area (Å²) in [5.41, 5.74) is 1.97. The second-order valence-electron chi connectivity index (χ2n) is 8.05. The van der Waals surface area contributed by atoms with Gasteiger partial charge in [-0.2, -0.15) is 0 Å². The number of fused-ring (bicyclic) bond motifs is 1. The van der Waals surface area contributed by atoms with E-state index in [0.717, 1.165) is 43.1 Å². The molecule has 2 aromatic rings. The lowest BCUT2D eigenvalue weighted by molar-refractivity contribution is -0.135. The van der Waals surface area contributed by atoms with Crippen molar-refractivity contribution in [2.45, 2.75) is 32.4 Å². The van der Waals surface area contributed by atoms with Crippen LogP contribution in [0.2, 0.25) is 0 Å². The molecule has 0 N–H and O–H groups in total. The number of amides is 1. The van der Waals surface area contributed by atoms with Gasteiger partial charge in [0.1, 0.15) is 5.60 Å². The summed E-state index contributed by atoms with van der Waals surface area (Å²) in [6, 6.07) is 11.9. The number of rotatable bonds is 5. The topological polar surface area (TPSA) is 54.9 Å². The lowest BCUT2D eigenvalue weighted by Gasteiger charge is -2.34. The molecule has 0 unspecified atom stereocenters. The van der Waals surface area contributed by atoms with Crippen LogP contribution >= 0.6 is 0 Å². The van der Waals surface area contributed by atoms with Gasteiger partial charge in [-0.05, 0) is 32.0 Å². The molecule has 1 aromatic carbocycles. The summed E-state index contributed by atoms with van der Waals surface area (Å²) >= 11 is 0. The number of ether oxygens (including phenoxy) is 2. The molecule has 2 aliphatic rings. The summed E-state index contributed by atoms with van der Waals surface area (Å²) < 4.78 is 11.9. The third kappa shape index (κ3) is 4.28. The lowest BCUT2D eigenvalue weighted by atomic mass is 10.0. The van der Waals surface area contributed by atoms with Crippen LogP contribution in [0.1, 0.15) is 25.1 Å². The van der Waals surface area contributed by atoms with E-state index >= 15 is 0 Å². The molecule has 2 aliphatic heterocycles. The SMILES string of the molecule is CC1(C)Cc2cccc(OCC(=O)N3CCN(Cc4ccccn4)CC3)c2O1. The molecule has 1 aromatic heterocycles. The van der Waals surface area contributed by atoms with Crippen LogP contribution in [0.4, 0.5) is 0 Å². The molecule has 6 heteroatoms. The molecule has 148 valence electrons. The molecule has 0 radical (unpaired) electrons. The van der Waals surface area contributed by atoms with Gasteiger partial charge in [-0.3, -0.25) is 14.7 Å². The number of benzene rings is 1. The fraction of sp³-hybridized carbons (Fsp3) is 0.455. The van der Waals surface area contributed by atoms with Gasteiger partial charge in [-0.1, -0.05) is 18.2 Å². The number of para-hydroxylation sites is 1. The molecule has 1 saturated heterocycles. The van der Waals surface area contributed by atoms with Gasteiger partial charge in [0.05, 0.1) is 5.69 Å². The van der Waals surface area contributed by atoms with Crippen molar-refractivity contribution in [3.8, 4) is 11.5 Å². The molecule has 1 fully saturated rings. The normalized spacial score (nSPS) is 18.4. The average Bonchev–Trinajstić information content (AvgIpc) is 3.02. The van der Waals surface area contributed by atoms with E-state index < -0.39 is 0 Å². The van der Waals surface area contributed by atoms with Gasteiger partial charge in [-0.25, -0.2) is 0 Å². The van der Waals surface area contributed by atoms with Crippen molar-refractivity contribution in [1.29, 1.82) is 0 Å². The van der Waals surface area contributed by atoms with Crippen LogP contribution in [-0.2, 0) is 17.8 Å². The first-order chi connectivity index (χ1) is 13.5. The van der Waals surface area contributed by atoms with Gasteiger partial charge in [0.15, 0.2) is 18.1 Å². The first-order valence-corrected chi connectivity index (χ1v) is 9.84. The highest BCUT2D eigenvalue weighted by Crippen LogP contribution is 2.41. The van der Waals surface area contributed by atoms with E-state index in [-0.39, 0.29) is 18.1 Å². The Kier molecular flexibility index (Phi) is 5.22. The minimum Gasteiger partial charge on any atom is -0.483 e. The van der Waals surface area contributed by atoms with Crippen molar-refractivity contribution >= 4 is 5.91 Å². The number of piperazine rings is 1. The highest BCUT2D eigenvalue weighted by molar-refractivity contribution is 5.78. The third-order valence-corrected chi connectivity index (χ3v) is 5.24. The van der Waals surface area contributed by atoms with Crippen LogP contribution in [0.5, 0.6) is 11.5 Å². The molecule has 0 bridgehead atoms. The maximum Gasteiger partial charge on any atom is 0.260 e. The largest absolute Gasteiger partial charge is 0.483 e. The summed E-state index contributed by atoms with van der Waals surface area (Å²) in [6.07, 6.45) is 2.67. The molecule has 0 spiro atoms. The van der Waals surface area contributed by atoms with E-state index in [1.54, 1.807) is 0 Å². The van der Waals surface area contributed by atoms with Gasteiger partial charge in [0, 0.05) is 50.9 Å². The Labute approximate surface area is 166 Å². The minimum absolute atomic E-state index is 0.0207. The van der Waals surface area contributed by atoms with E-state index in [4.69, 9.17) is 9.47 Å². The van der Waals surface area contributed by atoms with E-state index in [0.29, 0.717) is 18.8 Å². The van der Waals surface area contributed by atoms with Crippen LogP contribution < -0.4 is 9.47 Å². The Morgan fingerprint density at radius 2 is 1.96 bits per heavy atom. The van der Waals surface area contributed by atoms with Gasteiger partial charge < -0.3 is 14.4 Å². The number of hydrogen-bond acceptors (Lipinski definition) is 5. The molecule has 0 aliphatic carbocycles. The van der Waals surface area contributed by atoms with Gasteiger partial charge >= 0.3 is 0 Å². The predicted octanol–water partition coefficient (Wildman–Crippen LogP) is 2.52. The Morgan fingerprint density at radius 1 is 1.14 bits per heavy atom. The van der Waals surface area contributed by atoms with Gasteiger partial charge in [0.2, 0.25) is 0 Å². The first-order valence-electron chi connectivity index (χ1n) is 9.84. The summed E-state index contributed by atoms with van der Waals surface area (Å²) in [7, 11) is 0. The number of carbonyl (C=O) groups is 1. The van der Waals surface area contributed by atoms with Crippen LogP contribution in [0.25, 0.3) is 0 Å². The summed E-state index contributed by atoms with van der Waals surface area (Å²) in [4.78, 5) is 21.2. The number of pyridine rings is 1. The van der Waals surface area contributed by atoms with Crippen LogP contribution in [0.3, 0.4) is 0 Å². The second-order valence-corrected chi connectivity index (χ2v) is 8.05. The number of carbonyl (C=O) groups excluding carboxylic acids is 1. The molecule has 1 amide bonds. The van der Waals surface area contributed by atoms with E-state index in [9.17, 15) is 4.79 Å². The molecule has 4 rings (SSSR count). The van der Waals surface area contributed by atoms with Crippen molar-refractivity contribution in [1.82, 2.24) is 14.8 Å². The fourth-order valence-corrected chi connectivity index (χ4v) is 3.81. The zero-order chi connectivity index (χ0) is 19.6. The molecule has 0 saturated carbocycles. The number of aromatic nitrogens is 1. The molecular formula is C22H27N3O3. The average molecular weight is 381 g/mol. The standard InChI is InChI=1S/C22H27N3O3/c1-22(2)14-17-6-5-8-19(21(17)28-22)27-16-20(26)25-12-10-24(11-13-25)15-18-7-3-4-9-23-18/h3-9H,10-16H2,1-2H3. The van der Waals surface area contributed by atoms with Crippen LogP contribution in [0.15, 0.2) is 42.6 Å². The number of nitrogens with zero attached hydrogens (tertiary/aromatic N) is 3. The van der Waals surface area contributed by atoms with E-state index in [1.165, 1.54) is 0 Å². The van der Waals surface area contributed by atoms with Crippen LogP contribution in [-0.4, -0.2) is 59.1 Å². The zero-order valence-electron chi connectivity index (χ0n) is 16.6. The Morgan fingerprint density at radius 3 is 2.71 bits per heavy atom. The quantitative estimate of drug-likeness (QED) is 0.797.